The van der Waals surface area contributed by atoms with Crippen molar-refractivity contribution < 1.29 is 4.79 Å². The smallest absolute Gasteiger partial charge is 0.236 e. The van der Waals surface area contributed by atoms with Crippen molar-refractivity contribution in [1.82, 2.24) is 14.9 Å². The van der Waals surface area contributed by atoms with Crippen molar-refractivity contribution in [3.05, 3.63) is 11.8 Å². The normalized spacial score (nSPS) is 20.2. The molecule has 2 heterocycles. The Balaban J connectivity index is 2.17. The van der Waals surface area contributed by atoms with E-state index in [-0.39, 0.29) is 17.1 Å². The van der Waals surface area contributed by atoms with Crippen LogP contribution in [0.3, 0.4) is 0 Å². The summed E-state index contributed by atoms with van der Waals surface area (Å²) in [7, 11) is 0. The molecule has 1 saturated heterocycles. The number of hydrogen-bond donors (Lipinski definition) is 1. The number of aryl methyl sites for hydroxylation is 1. The van der Waals surface area contributed by atoms with Gasteiger partial charge in [0.05, 0.1) is 5.25 Å². The largest absolute Gasteiger partial charge is 0.384 e. The minimum Gasteiger partial charge on any atom is -0.384 e. The number of anilines is 1. The molecule has 1 amide bonds. The van der Waals surface area contributed by atoms with Crippen LogP contribution in [-0.4, -0.2) is 38.6 Å². The third-order valence-electron chi connectivity index (χ3n) is 4.02. The van der Waals surface area contributed by atoms with Crippen molar-refractivity contribution in [2.75, 3.05) is 12.3 Å². The zero-order valence-corrected chi connectivity index (χ0v) is 14.7. The first-order chi connectivity index (χ1) is 10.4. The van der Waals surface area contributed by atoms with Gasteiger partial charge < -0.3 is 10.6 Å². The minimum atomic E-state index is -0.165. The maximum atomic E-state index is 12.9. The minimum absolute atomic E-state index is 0.165. The van der Waals surface area contributed by atoms with Gasteiger partial charge in [0.2, 0.25) is 5.91 Å². The van der Waals surface area contributed by atoms with Crippen LogP contribution in [0.25, 0.3) is 0 Å². The predicted octanol–water partition coefficient (Wildman–Crippen LogP) is 2.88. The Morgan fingerprint density at radius 1 is 1.41 bits per heavy atom. The van der Waals surface area contributed by atoms with Crippen LogP contribution in [0.4, 0.5) is 5.82 Å². The molecule has 1 aromatic heterocycles. The van der Waals surface area contributed by atoms with Crippen molar-refractivity contribution in [3.8, 4) is 0 Å². The van der Waals surface area contributed by atoms with Crippen molar-refractivity contribution in [1.29, 1.82) is 0 Å². The maximum absolute atomic E-state index is 12.9. The van der Waals surface area contributed by atoms with Gasteiger partial charge in [0.15, 0.2) is 5.16 Å². The third kappa shape index (κ3) is 4.12. The molecule has 1 fully saturated rings. The maximum Gasteiger partial charge on any atom is 0.236 e. The van der Waals surface area contributed by atoms with Crippen LogP contribution in [0.15, 0.2) is 11.2 Å². The van der Waals surface area contributed by atoms with Gasteiger partial charge in [0.25, 0.3) is 0 Å². The van der Waals surface area contributed by atoms with Gasteiger partial charge in [-0.15, -0.1) is 0 Å². The van der Waals surface area contributed by atoms with Gasteiger partial charge in [0.1, 0.15) is 5.82 Å². The number of nitrogens with two attached hydrogens (primary N) is 1. The van der Waals surface area contributed by atoms with Gasteiger partial charge >= 0.3 is 0 Å². The average Bonchev–Trinajstić information content (AvgIpc) is 2.43. The number of amides is 1. The first-order valence-corrected chi connectivity index (χ1v) is 8.84. The molecule has 2 N–H and O–H groups in total. The number of hydrogen-bond acceptors (Lipinski definition) is 5. The van der Waals surface area contributed by atoms with Gasteiger partial charge in [-0.1, -0.05) is 25.6 Å². The van der Waals surface area contributed by atoms with Crippen LogP contribution >= 0.6 is 11.8 Å². The molecule has 122 valence electrons. The molecule has 2 atom stereocenters. The van der Waals surface area contributed by atoms with Crippen LogP contribution in [0, 0.1) is 12.8 Å². The summed E-state index contributed by atoms with van der Waals surface area (Å²) in [4.78, 5) is 23.6. The lowest BCUT2D eigenvalue weighted by Gasteiger charge is -2.36. The number of nitrogens with zero attached hydrogens (tertiary/aromatic N) is 3. The molecular formula is C16H26N4OS. The van der Waals surface area contributed by atoms with E-state index in [0.717, 1.165) is 25.1 Å². The highest BCUT2D eigenvalue weighted by atomic mass is 32.2. The van der Waals surface area contributed by atoms with E-state index in [1.807, 2.05) is 11.8 Å². The molecule has 0 radical (unpaired) electrons. The summed E-state index contributed by atoms with van der Waals surface area (Å²) in [6, 6.07) is 2.06. The molecular weight excluding hydrogens is 296 g/mol. The van der Waals surface area contributed by atoms with E-state index in [1.54, 1.807) is 6.07 Å². The number of carbonyl (C=O) groups excluding carboxylic acids is 1. The molecule has 0 saturated carbocycles. The first-order valence-electron chi connectivity index (χ1n) is 7.96. The van der Waals surface area contributed by atoms with E-state index in [1.165, 1.54) is 18.2 Å². The second-order valence-electron chi connectivity index (χ2n) is 6.38. The fourth-order valence-electron chi connectivity index (χ4n) is 2.79. The summed E-state index contributed by atoms with van der Waals surface area (Å²) in [5, 5.41) is 0.427. The van der Waals surface area contributed by atoms with Gasteiger partial charge in [-0.05, 0) is 39.0 Å². The van der Waals surface area contributed by atoms with E-state index in [0.29, 0.717) is 17.0 Å². The van der Waals surface area contributed by atoms with Crippen LogP contribution in [0.1, 0.15) is 45.7 Å². The number of piperidine rings is 1. The SMILES string of the molecule is Cc1cc(N)nc(S[C@H](C(=O)N2CCCC[C@@H]2C)C(C)C)n1. The second kappa shape index (κ2) is 7.31. The Labute approximate surface area is 137 Å². The van der Waals surface area contributed by atoms with Crippen LogP contribution in [-0.2, 0) is 4.79 Å². The van der Waals surface area contributed by atoms with E-state index in [4.69, 9.17) is 5.73 Å². The summed E-state index contributed by atoms with van der Waals surface area (Å²) < 4.78 is 0. The lowest BCUT2D eigenvalue weighted by molar-refractivity contribution is -0.134. The lowest BCUT2D eigenvalue weighted by atomic mass is 10.0. The molecule has 0 spiro atoms. The number of aromatic nitrogens is 2. The van der Waals surface area contributed by atoms with Gasteiger partial charge in [-0.2, -0.15) is 0 Å². The number of thioether (sulfide) groups is 1. The standard InChI is InChI=1S/C16H26N4OS/c1-10(2)14(15(21)20-8-6-5-7-12(20)4)22-16-18-11(3)9-13(17)19-16/h9-10,12,14H,5-8H2,1-4H3,(H2,17,18,19)/t12-,14-/m0/s1. The summed E-state index contributed by atoms with van der Waals surface area (Å²) in [5.41, 5.74) is 6.62. The quantitative estimate of drug-likeness (QED) is 0.681. The van der Waals surface area contributed by atoms with Gasteiger partial charge in [0, 0.05) is 24.3 Å². The predicted molar refractivity (Wildman–Crippen MR) is 90.7 cm³/mol. The molecule has 6 heteroatoms. The molecule has 22 heavy (non-hydrogen) atoms. The number of nitrogen functional groups attached to an aromatic ring is 1. The summed E-state index contributed by atoms with van der Waals surface area (Å²) >= 11 is 1.44. The fourth-order valence-corrected chi connectivity index (χ4v) is 3.88. The molecule has 0 bridgehead atoms. The first kappa shape index (κ1) is 17.1. The summed E-state index contributed by atoms with van der Waals surface area (Å²) in [5.74, 6) is 0.879. The van der Waals surface area contributed by atoms with E-state index in [2.05, 4.69) is 30.7 Å². The molecule has 0 aromatic carbocycles. The highest BCUT2D eigenvalue weighted by Crippen LogP contribution is 2.30. The molecule has 0 aliphatic carbocycles. The molecule has 1 aromatic rings. The number of likely N-dealkylation sites (tertiary alicyclic amines) is 1. The third-order valence-corrected chi connectivity index (χ3v) is 5.41. The van der Waals surface area contributed by atoms with Crippen molar-refractivity contribution in [2.45, 2.75) is 63.4 Å². The van der Waals surface area contributed by atoms with E-state index >= 15 is 0 Å². The van der Waals surface area contributed by atoms with Crippen molar-refractivity contribution in [2.24, 2.45) is 5.92 Å². The van der Waals surface area contributed by atoms with Crippen molar-refractivity contribution in [3.63, 3.8) is 0 Å². The molecule has 5 nitrogen and oxygen atoms in total. The Kier molecular flexibility index (Phi) is 5.67. The van der Waals surface area contributed by atoms with E-state index in [9.17, 15) is 4.79 Å². The zero-order valence-electron chi connectivity index (χ0n) is 13.9. The van der Waals surface area contributed by atoms with Crippen LogP contribution in [0.5, 0.6) is 0 Å². The average molecular weight is 322 g/mol. The highest BCUT2D eigenvalue weighted by molar-refractivity contribution is 8.00. The van der Waals surface area contributed by atoms with Crippen LogP contribution in [0.2, 0.25) is 0 Å². The van der Waals surface area contributed by atoms with Gasteiger partial charge in [-0.3, -0.25) is 4.79 Å². The lowest BCUT2D eigenvalue weighted by Crippen LogP contribution is -2.47. The fraction of sp³-hybridized carbons (Fsp3) is 0.688. The molecule has 2 rings (SSSR count). The monoisotopic (exact) mass is 322 g/mol. The summed E-state index contributed by atoms with van der Waals surface area (Å²) in [6.07, 6.45) is 3.40. The summed E-state index contributed by atoms with van der Waals surface area (Å²) in [6.45, 7) is 9.04. The highest BCUT2D eigenvalue weighted by Gasteiger charge is 2.32. The number of rotatable bonds is 4. The second-order valence-corrected chi connectivity index (χ2v) is 7.48. The molecule has 1 aliphatic rings. The zero-order chi connectivity index (χ0) is 16.3. The Hall–Kier alpha value is -1.30. The van der Waals surface area contributed by atoms with Gasteiger partial charge in [-0.25, -0.2) is 9.97 Å². The number of carbonyl (C=O) groups is 1. The molecule has 1 aliphatic heterocycles. The Bertz CT molecular complexity index is 515. The van der Waals surface area contributed by atoms with E-state index < -0.39 is 0 Å². The van der Waals surface area contributed by atoms with Crippen molar-refractivity contribution >= 4 is 23.5 Å². The Morgan fingerprint density at radius 3 is 2.73 bits per heavy atom. The topological polar surface area (TPSA) is 72.1 Å². The Morgan fingerprint density at radius 2 is 2.14 bits per heavy atom. The molecule has 0 unspecified atom stereocenters. The van der Waals surface area contributed by atoms with Crippen LogP contribution < -0.4 is 5.73 Å².